The number of hydrogen-bond donors (Lipinski definition) is 2. The highest BCUT2D eigenvalue weighted by molar-refractivity contribution is 6.31. The summed E-state index contributed by atoms with van der Waals surface area (Å²) in [7, 11) is 0. The van der Waals surface area contributed by atoms with E-state index in [-0.39, 0.29) is 5.91 Å². The number of anilines is 2. The van der Waals surface area contributed by atoms with Crippen molar-refractivity contribution in [2.75, 3.05) is 5.32 Å². The largest absolute Gasteiger partial charge is 0.348 e. The van der Waals surface area contributed by atoms with Crippen LogP contribution in [0.25, 0.3) is 0 Å². The molecule has 1 amide bonds. The van der Waals surface area contributed by atoms with Crippen LogP contribution < -0.4 is 10.6 Å². The van der Waals surface area contributed by atoms with Crippen molar-refractivity contribution in [1.29, 1.82) is 0 Å². The molecule has 1 aromatic heterocycles. The number of aryl methyl sites for hydroxylation is 1. The molecular formula is C19H16Cl2N4O. The van der Waals surface area contributed by atoms with E-state index in [9.17, 15) is 4.79 Å². The van der Waals surface area contributed by atoms with Gasteiger partial charge in [0.15, 0.2) is 0 Å². The number of nitrogens with one attached hydrogen (secondary N) is 2. The molecule has 2 aromatic carbocycles. The van der Waals surface area contributed by atoms with E-state index in [1.54, 1.807) is 12.1 Å². The van der Waals surface area contributed by atoms with Crippen LogP contribution in [0.15, 0.2) is 54.9 Å². The van der Waals surface area contributed by atoms with Crippen LogP contribution in [0.5, 0.6) is 0 Å². The molecule has 0 aliphatic carbocycles. The Morgan fingerprint density at radius 2 is 1.81 bits per heavy atom. The number of carbonyl (C=O) groups is 1. The summed E-state index contributed by atoms with van der Waals surface area (Å²) in [5, 5.41) is 7.12. The van der Waals surface area contributed by atoms with Crippen LogP contribution in [0, 0.1) is 6.92 Å². The van der Waals surface area contributed by atoms with Crippen molar-refractivity contribution in [2.45, 2.75) is 13.5 Å². The summed E-state index contributed by atoms with van der Waals surface area (Å²) in [5.74, 6) is 0.119. The van der Waals surface area contributed by atoms with Crippen LogP contribution in [0.1, 0.15) is 21.5 Å². The number of amides is 1. The Kier molecular flexibility index (Phi) is 5.71. The van der Waals surface area contributed by atoms with Crippen molar-refractivity contribution in [3.63, 3.8) is 0 Å². The van der Waals surface area contributed by atoms with Gasteiger partial charge in [-0.05, 0) is 36.2 Å². The molecule has 0 aliphatic rings. The van der Waals surface area contributed by atoms with Gasteiger partial charge in [-0.2, -0.15) is 0 Å². The second-order valence-corrected chi connectivity index (χ2v) is 6.50. The molecule has 7 heteroatoms. The summed E-state index contributed by atoms with van der Waals surface area (Å²) in [6, 6.07) is 12.9. The maximum atomic E-state index is 12.2. The van der Waals surface area contributed by atoms with E-state index >= 15 is 0 Å². The standard InChI is InChI=1S/C19H16Cl2N4O/c1-12-6-7-15(20)8-17(12)25-19-23-10-14(11-24-19)18(26)22-9-13-4-2-3-5-16(13)21/h2-8,10-11H,9H2,1H3,(H,22,26)(H,23,24,25). The van der Waals surface area contributed by atoms with Crippen molar-refractivity contribution in [1.82, 2.24) is 15.3 Å². The van der Waals surface area contributed by atoms with Crippen molar-refractivity contribution in [3.05, 3.63) is 81.6 Å². The lowest BCUT2D eigenvalue weighted by atomic mass is 10.2. The summed E-state index contributed by atoms with van der Waals surface area (Å²) >= 11 is 12.1. The van der Waals surface area contributed by atoms with Gasteiger partial charge < -0.3 is 10.6 Å². The van der Waals surface area contributed by atoms with Crippen molar-refractivity contribution in [3.8, 4) is 0 Å². The SMILES string of the molecule is Cc1ccc(Cl)cc1Nc1ncc(C(=O)NCc2ccccc2Cl)cn1. The van der Waals surface area contributed by atoms with Gasteiger partial charge in [0.2, 0.25) is 5.95 Å². The maximum absolute atomic E-state index is 12.2. The normalized spacial score (nSPS) is 10.4. The van der Waals surface area contributed by atoms with E-state index in [1.807, 2.05) is 37.3 Å². The van der Waals surface area contributed by atoms with Gasteiger partial charge in [0.05, 0.1) is 5.56 Å². The molecule has 132 valence electrons. The molecular weight excluding hydrogens is 371 g/mol. The van der Waals surface area contributed by atoms with Gasteiger partial charge in [0.1, 0.15) is 0 Å². The number of hydrogen-bond acceptors (Lipinski definition) is 4. The smallest absolute Gasteiger partial charge is 0.254 e. The molecule has 0 saturated heterocycles. The van der Waals surface area contributed by atoms with Gasteiger partial charge >= 0.3 is 0 Å². The third-order valence-electron chi connectivity index (χ3n) is 3.76. The molecule has 0 aliphatic heterocycles. The quantitative estimate of drug-likeness (QED) is 0.662. The van der Waals surface area contributed by atoms with Crippen LogP contribution in [0.4, 0.5) is 11.6 Å². The molecule has 26 heavy (non-hydrogen) atoms. The molecule has 3 rings (SSSR count). The molecule has 0 fully saturated rings. The lowest BCUT2D eigenvalue weighted by Gasteiger charge is -2.09. The van der Waals surface area contributed by atoms with E-state index in [4.69, 9.17) is 23.2 Å². The average Bonchev–Trinajstić information content (AvgIpc) is 2.64. The Morgan fingerprint density at radius 3 is 2.54 bits per heavy atom. The molecule has 3 aromatic rings. The van der Waals surface area contributed by atoms with Gasteiger partial charge in [-0.15, -0.1) is 0 Å². The summed E-state index contributed by atoms with van der Waals surface area (Å²) in [6.45, 7) is 2.29. The van der Waals surface area contributed by atoms with Gasteiger partial charge in [0.25, 0.3) is 5.91 Å². The molecule has 1 heterocycles. The number of benzene rings is 2. The van der Waals surface area contributed by atoms with Crippen molar-refractivity contribution >= 4 is 40.7 Å². The van der Waals surface area contributed by atoms with Gasteiger partial charge in [0, 0.05) is 34.7 Å². The van der Waals surface area contributed by atoms with Crippen LogP contribution >= 0.6 is 23.2 Å². The first-order chi connectivity index (χ1) is 12.5. The molecule has 0 unspecified atom stereocenters. The Bertz CT molecular complexity index is 929. The fourth-order valence-corrected chi connectivity index (χ4v) is 2.65. The fraction of sp³-hybridized carbons (Fsp3) is 0.105. The molecule has 0 atom stereocenters. The number of rotatable bonds is 5. The lowest BCUT2D eigenvalue weighted by molar-refractivity contribution is 0.0950. The van der Waals surface area contributed by atoms with E-state index in [0.29, 0.717) is 28.1 Å². The molecule has 5 nitrogen and oxygen atoms in total. The van der Waals surface area contributed by atoms with E-state index in [2.05, 4.69) is 20.6 Å². The second kappa shape index (κ2) is 8.17. The van der Waals surface area contributed by atoms with Gasteiger partial charge in [-0.25, -0.2) is 9.97 Å². The monoisotopic (exact) mass is 386 g/mol. The van der Waals surface area contributed by atoms with Crippen LogP contribution in [-0.2, 0) is 6.54 Å². The summed E-state index contributed by atoms with van der Waals surface area (Å²) in [5.41, 5.74) is 3.04. The maximum Gasteiger partial charge on any atom is 0.254 e. The highest BCUT2D eigenvalue weighted by Gasteiger charge is 2.09. The third kappa shape index (κ3) is 4.50. The van der Waals surface area contributed by atoms with Gasteiger partial charge in [-0.1, -0.05) is 47.5 Å². The second-order valence-electron chi connectivity index (χ2n) is 5.65. The minimum Gasteiger partial charge on any atom is -0.348 e. The minimum atomic E-state index is -0.268. The Balaban J connectivity index is 1.64. The first-order valence-electron chi connectivity index (χ1n) is 7.90. The van der Waals surface area contributed by atoms with Crippen LogP contribution in [-0.4, -0.2) is 15.9 Å². The van der Waals surface area contributed by atoms with Gasteiger partial charge in [-0.3, -0.25) is 4.79 Å². The summed E-state index contributed by atoms with van der Waals surface area (Å²) in [4.78, 5) is 20.6. The predicted molar refractivity (Wildman–Crippen MR) is 104 cm³/mol. The van der Waals surface area contributed by atoms with Crippen molar-refractivity contribution in [2.24, 2.45) is 0 Å². The number of halogens is 2. The molecule has 0 spiro atoms. The van der Waals surface area contributed by atoms with E-state index in [1.165, 1.54) is 12.4 Å². The first kappa shape index (κ1) is 18.2. The Hall–Kier alpha value is -2.63. The first-order valence-corrected chi connectivity index (χ1v) is 8.65. The highest BCUT2D eigenvalue weighted by Crippen LogP contribution is 2.22. The zero-order chi connectivity index (χ0) is 18.5. The van der Waals surface area contributed by atoms with Crippen LogP contribution in [0.2, 0.25) is 10.0 Å². The molecule has 0 saturated carbocycles. The topological polar surface area (TPSA) is 66.9 Å². The predicted octanol–water partition coefficient (Wildman–Crippen LogP) is 4.77. The highest BCUT2D eigenvalue weighted by atomic mass is 35.5. The third-order valence-corrected chi connectivity index (χ3v) is 4.36. The van der Waals surface area contributed by atoms with Crippen molar-refractivity contribution < 1.29 is 4.79 Å². The minimum absolute atomic E-state index is 0.268. The zero-order valence-electron chi connectivity index (χ0n) is 14.0. The summed E-state index contributed by atoms with van der Waals surface area (Å²) in [6.07, 6.45) is 2.94. The number of nitrogens with zero attached hydrogens (tertiary/aromatic N) is 2. The zero-order valence-corrected chi connectivity index (χ0v) is 15.5. The molecule has 2 N–H and O–H groups in total. The van der Waals surface area contributed by atoms with Crippen LogP contribution in [0.3, 0.4) is 0 Å². The Morgan fingerprint density at radius 1 is 1.08 bits per heavy atom. The Labute approximate surface area is 161 Å². The lowest BCUT2D eigenvalue weighted by Crippen LogP contribution is -2.23. The number of aromatic nitrogens is 2. The molecule has 0 radical (unpaired) electrons. The van der Waals surface area contributed by atoms with E-state index in [0.717, 1.165) is 16.8 Å². The fourth-order valence-electron chi connectivity index (χ4n) is 2.28. The summed E-state index contributed by atoms with van der Waals surface area (Å²) < 4.78 is 0. The average molecular weight is 387 g/mol. The van der Waals surface area contributed by atoms with E-state index < -0.39 is 0 Å². The number of carbonyl (C=O) groups excluding carboxylic acids is 1. The molecule has 0 bridgehead atoms.